The first-order valence-corrected chi connectivity index (χ1v) is 11.3. The van der Waals surface area contributed by atoms with Crippen molar-refractivity contribution in [2.75, 3.05) is 6.66 Å². The Labute approximate surface area is 72.7 Å². The second-order valence-electron chi connectivity index (χ2n) is 3.26. The van der Waals surface area contributed by atoms with Crippen molar-refractivity contribution in [3.63, 3.8) is 0 Å². The Morgan fingerprint density at radius 2 is 1.73 bits per heavy atom. The van der Waals surface area contributed by atoms with E-state index >= 15 is 0 Å². The zero-order valence-corrected chi connectivity index (χ0v) is 10.4. The monoisotopic (exact) mass is 241 g/mol. The fraction of sp³-hybridized carbons (Fsp3) is 1.00. The van der Waals surface area contributed by atoms with Crippen molar-refractivity contribution < 1.29 is 25.8 Å². The van der Waals surface area contributed by atoms with Crippen molar-refractivity contribution >= 4 is 14.4 Å². The molecule has 1 atom stereocenters. The van der Waals surface area contributed by atoms with Crippen molar-refractivity contribution in [2.24, 2.45) is 0 Å². The standard InChI is InChI=1S/C4H12O2PSi.CH3.Co.O/c1-7(5)6-8(2,3)4;;;/h1-4H3;1H3;;/q+1;;-1;. The van der Waals surface area contributed by atoms with Crippen LogP contribution in [0.1, 0.15) is 0 Å². The molecule has 0 bridgehead atoms. The zero-order chi connectivity index (χ0) is 9.28. The van der Waals surface area contributed by atoms with Gasteiger partial charge < -0.3 is 0 Å². The van der Waals surface area contributed by atoms with Crippen molar-refractivity contribution in [3.8, 4) is 0 Å². The molecule has 71 valence electrons. The van der Waals surface area contributed by atoms with Crippen molar-refractivity contribution in [3.05, 3.63) is 0 Å². The zero-order valence-electron chi connectivity index (χ0n) is 7.51. The van der Waals surface area contributed by atoms with E-state index in [9.17, 15) is 8.43 Å². The Morgan fingerprint density at radius 1 is 1.36 bits per heavy atom. The topological polar surface area (TPSA) is 43.4 Å². The summed E-state index contributed by atoms with van der Waals surface area (Å²) in [5.74, 6) is 1.45. The van der Waals surface area contributed by atoms with Crippen LogP contribution in [0.2, 0.25) is 25.5 Å². The third-order valence-electron chi connectivity index (χ3n) is 0.814. The van der Waals surface area contributed by atoms with Gasteiger partial charge in [-0.05, 0) is 0 Å². The van der Waals surface area contributed by atoms with Gasteiger partial charge in [0.05, 0.1) is 0 Å². The van der Waals surface area contributed by atoms with Gasteiger partial charge in [0.1, 0.15) is 0 Å². The van der Waals surface area contributed by atoms with Crippen molar-refractivity contribution in [1.82, 2.24) is 0 Å². The molecule has 1 unspecified atom stereocenters. The Morgan fingerprint density at radius 3 is 1.82 bits per heavy atom. The minimum atomic E-state index is -2.82. The number of hydrogen-bond acceptors (Lipinski definition) is 3. The molecule has 0 amide bonds. The molecule has 0 aromatic rings. The van der Waals surface area contributed by atoms with Gasteiger partial charge >= 0.3 is 72.4 Å². The molecule has 11 heavy (non-hydrogen) atoms. The quantitative estimate of drug-likeness (QED) is 0.563. The van der Waals surface area contributed by atoms with Gasteiger partial charge in [0.15, 0.2) is 0 Å². The van der Waals surface area contributed by atoms with Crippen LogP contribution in [0.4, 0.5) is 0 Å². The van der Waals surface area contributed by atoms with Crippen LogP contribution in [-0.2, 0) is 25.8 Å². The molecule has 3 nitrogen and oxygen atoms in total. The van der Waals surface area contributed by atoms with Crippen LogP contribution in [-0.4, -0.2) is 15.0 Å². The molecule has 0 aromatic heterocycles. The first kappa shape index (κ1) is 11.7. The van der Waals surface area contributed by atoms with Gasteiger partial charge in [0, 0.05) is 0 Å². The Balaban J connectivity index is 4.39. The normalized spacial score (nSPS) is 19.2. The SMILES string of the molecule is [CH3][Co](=[O])[P](C)(=O)O[Si](C)(C)C. The molecular weight excluding hydrogens is 226 g/mol. The molecule has 0 aliphatic heterocycles. The third kappa shape index (κ3) is 5.03. The molecular formula is C5H15CoO3PSi. The van der Waals surface area contributed by atoms with Crippen molar-refractivity contribution in [1.29, 1.82) is 0 Å². The molecule has 0 heterocycles. The molecule has 0 saturated heterocycles. The van der Waals surface area contributed by atoms with Gasteiger partial charge in [-0.3, -0.25) is 0 Å². The van der Waals surface area contributed by atoms with E-state index in [2.05, 4.69) is 0 Å². The molecule has 6 heteroatoms. The summed E-state index contributed by atoms with van der Waals surface area (Å²) in [6, 6.07) is 0. The summed E-state index contributed by atoms with van der Waals surface area (Å²) in [6.07, 6.45) is -2.82. The summed E-state index contributed by atoms with van der Waals surface area (Å²) in [5.41, 5.74) is 0. The predicted molar refractivity (Wildman–Crippen MR) is 44.5 cm³/mol. The Kier molecular flexibility index (Phi) is 3.85. The van der Waals surface area contributed by atoms with Gasteiger partial charge in [-0.15, -0.1) is 0 Å². The molecule has 0 fully saturated rings. The van der Waals surface area contributed by atoms with Crippen LogP contribution in [0.25, 0.3) is 0 Å². The van der Waals surface area contributed by atoms with E-state index < -0.39 is 27.6 Å². The molecule has 0 aromatic carbocycles. The molecule has 0 spiro atoms. The van der Waals surface area contributed by atoms with Gasteiger partial charge in [0.2, 0.25) is 0 Å². The number of hydrogen-bond donors (Lipinski definition) is 0. The molecule has 0 saturated carbocycles. The fourth-order valence-electron chi connectivity index (χ4n) is 0.520. The van der Waals surface area contributed by atoms with Crippen LogP contribution in [0, 0.1) is 0 Å². The van der Waals surface area contributed by atoms with E-state index in [1.807, 2.05) is 19.6 Å². The van der Waals surface area contributed by atoms with Crippen LogP contribution in [0.5, 0.6) is 0 Å². The maximum atomic E-state index is 11.5. The summed E-state index contributed by atoms with van der Waals surface area (Å²) < 4.78 is 27.7. The summed E-state index contributed by atoms with van der Waals surface area (Å²) >= 11 is -1.67. The molecule has 0 rings (SSSR count). The van der Waals surface area contributed by atoms with Crippen molar-refractivity contribution in [2.45, 2.75) is 25.5 Å². The van der Waals surface area contributed by atoms with E-state index in [0.29, 0.717) is 0 Å². The average Bonchev–Trinajstić information content (AvgIpc) is 1.56. The predicted octanol–water partition coefficient (Wildman–Crippen LogP) is 2.67. The molecule has 0 radical (unpaired) electrons. The van der Waals surface area contributed by atoms with E-state index in [1.165, 1.54) is 12.5 Å². The Hall–Kier alpha value is 0.713. The molecule has 0 aliphatic carbocycles. The Bertz CT molecular complexity index is 210. The van der Waals surface area contributed by atoms with Crippen LogP contribution in [0.3, 0.4) is 0 Å². The van der Waals surface area contributed by atoms with Gasteiger partial charge in [0.25, 0.3) is 0 Å². The van der Waals surface area contributed by atoms with Gasteiger partial charge in [-0.2, -0.15) is 0 Å². The molecule has 0 N–H and O–H groups in total. The van der Waals surface area contributed by atoms with Crippen LogP contribution in [0.15, 0.2) is 0 Å². The minimum absolute atomic E-state index is 1.45. The third-order valence-corrected chi connectivity index (χ3v) is 9.47. The second-order valence-corrected chi connectivity index (χ2v) is 15.0. The first-order valence-electron chi connectivity index (χ1n) is 3.13. The van der Waals surface area contributed by atoms with E-state index in [1.54, 1.807) is 0 Å². The maximum absolute atomic E-state index is 11.5. The summed E-state index contributed by atoms with van der Waals surface area (Å²) in [6.45, 7) is 7.24. The summed E-state index contributed by atoms with van der Waals surface area (Å²) in [4.78, 5) is 0. The number of rotatable bonds is 3. The summed E-state index contributed by atoms with van der Waals surface area (Å²) in [7, 11) is -1.80. The first-order chi connectivity index (χ1) is 4.65. The van der Waals surface area contributed by atoms with E-state index in [-0.39, 0.29) is 0 Å². The van der Waals surface area contributed by atoms with Crippen LogP contribution < -0.4 is 0 Å². The van der Waals surface area contributed by atoms with Gasteiger partial charge in [-0.1, -0.05) is 0 Å². The fourth-order valence-corrected chi connectivity index (χ4v) is 8.45. The van der Waals surface area contributed by atoms with Crippen LogP contribution >= 0.6 is 6.10 Å². The molecule has 0 aliphatic rings. The van der Waals surface area contributed by atoms with E-state index in [4.69, 9.17) is 4.21 Å². The van der Waals surface area contributed by atoms with E-state index in [0.717, 1.165) is 0 Å². The average molecular weight is 241 g/mol. The second kappa shape index (κ2) is 3.62. The van der Waals surface area contributed by atoms with Gasteiger partial charge in [-0.25, -0.2) is 0 Å². The summed E-state index contributed by atoms with van der Waals surface area (Å²) in [5, 5.41) is 0.